The van der Waals surface area contributed by atoms with Crippen LogP contribution in [0.4, 0.5) is 0 Å². The fourth-order valence-electron chi connectivity index (χ4n) is 0.731. The zero-order valence-corrected chi connectivity index (χ0v) is 5.07. The van der Waals surface area contributed by atoms with Gasteiger partial charge in [-0.2, -0.15) is 0 Å². The quantitative estimate of drug-likeness (QED) is 0.279. The summed E-state index contributed by atoms with van der Waals surface area (Å²) in [7, 11) is 0. The molecular weight excluding hydrogens is 100 g/mol. The third kappa shape index (κ3) is 0.735. The number of nitrogens with zero attached hydrogens (tertiary/aromatic N) is 1. The first kappa shape index (κ1) is 5.35. The van der Waals surface area contributed by atoms with Crippen molar-refractivity contribution >= 4 is 5.84 Å². The second-order valence-corrected chi connectivity index (χ2v) is 2.19. The second-order valence-electron chi connectivity index (χ2n) is 2.19. The molecule has 0 aliphatic carbocycles. The van der Waals surface area contributed by atoms with Gasteiger partial charge in [0.15, 0.2) is 0 Å². The van der Waals surface area contributed by atoms with Crippen molar-refractivity contribution in [2.24, 2.45) is 0 Å². The largest absolute Gasteiger partial charge is 0.353 e. The predicted molar refractivity (Wildman–Crippen MR) is 34.1 cm³/mol. The lowest BCUT2D eigenvalue weighted by Gasteiger charge is -2.34. The molecule has 0 radical (unpaired) electrons. The summed E-state index contributed by atoms with van der Waals surface area (Å²) in [4.78, 5) is 1.97. The van der Waals surface area contributed by atoms with Gasteiger partial charge in [-0.15, -0.1) is 0 Å². The van der Waals surface area contributed by atoms with E-state index >= 15 is 0 Å². The van der Waals surface area contributed by atoms with E-state index in [4.69, 9.17) is 5.41 Å². The van der Waals surface area contributed by atoms with E-state index in [0.717, 1.165) is 13.1 Å². The lowest BCUT2D eigenvalue weighted by atomic mass is 10.1. The highest BCUT2D eigenvalue weighted by Gasteiger charge is 2.17. The highest BCUT2D eigenvalue weighted by Crippen LogP contribution is 2.10. The molecule has 1 heterocycles. The number of hydrogen-bond acceptors (Lipinski definition) is 1. The van der Waals surface area contributed by atoms with Gasteiger partial charge in [0, 0.05) is 13.1 Å². The van der Waals surface area contributed by atoms with E-state index in [0.29, 0.717) is 5.84 Å². The maximum Gasteiger partial charge on any atom is 0.0931 e. The molecule has 2 nitrogen and oxygen atoms in total. The summed E-state index contributed by atoms with van der Waals surface area (Å²) >= 11 is 0. The molecular formula is C6H10N2. The standard InChI is InChI=1S/C6H10N2/c1-5-3-8(4-5)6(2)7/h7H,1,3-4H2,2H3. The Morgan fingerprint density at radius 2 is 2.25 bits per heavy atom. The molecule has 2 heteroatoms. The average Bonchev–Trinajstić information content (AvgIpc) is 1.57. The highest BCUT2D eigenvalue weighted by molar-refractivity contribution is 5.78. The molecule has 0 saturated carbocycles. The molecule has 8 heavy (non-hydrogen) atoms. The van der Waals surface area contributed by atoms with Crippen LogP contribution < -0.4 is 0 Å². The lowest BCUT2D eigenvalue weighted by molar-refractivity contribution is 0.391. The summed E-state index contributed by atoms with van der Waals surface area (Å²) in [5.41, 5.74) is 1.23. The van der Waals surface area contributed by atoms with Crippen molar-refractivity contribution in [3.05, 3.63) is 12.2 Å². The number of hydrogen-bond donors (Lipinski definition) is 1. The first-order valence-electron chi connectivity index (χ1n) is 2.67. The molecule has 0 aromatic heterocycles. The van der Waals surface area contributed by atoms with Crippen LogP contribution in [0.1, 0.15) is 6.92 Å². The van der Waals surface area contributed by atoms with Gasteiger partial charge in [-0.05, 0) is 12.5 Å². The Balaban J connectivity index is 2.35. The van der Waals surface area contributed by atoms with Crippen molar-refractivity contribution < 1.29 is 0 Å². The zero-order valence-electron chi connectivity index (χ0n) is 5.07. The van der Waals surface area contributed by atoms with E-state index in [-0.39, 0.29) is 0 Å². The van der Waals surface area contributed by atoms with Crippen LogP contribution in [-0.4, -0.2) is 23.8 Å². The van der Waals surface area contributed by atoms with Crippen molar-refractivity contribution in [1.82, 2.24) is 4.90 Å². The van der Waals surface area contributed by atoms with Crippen LogP contribution in [0.2, 0.25) is 0 Å². The van der Waals surface area contributed by atoms with Crippen molar-refractivity contribution in [2.75, 3.05) is 13.1 Å². The average molecular weight is 110 g/mol. The van der Waals surface area contributed by atoms with Gasteiger partial charge < -0.3 is 4.90 Å². The van der Waals surface area contributed by atoms with E-state index in [1.54, 1.807) is 6.92 Å². The van der Waals surface area contributed by atoms with E-state index < -0.39 is 0 Å². The molecule has 1 aliphatic heterocycles. The highest BCUT2D eigenvalue weighted by atomic mass is 15.2. The van der Waals surface area contributed by atoms with Gasteiger partial charge in [0.05, 0.1) is 5.84 Å². The predicted octanol–water partition coefficient (Wildman–Crippen LogP) is 0.855. The Morgan fingerprint density at radius 3 is 2.38 bits per heavy atom. The summed E-state index contributed by atoms with van der Waals surface area (Å²) in [5, 5.41) is 7.13. The van der Waals surface area contributed by atoms with Crippen LogP contribution in [0.5, 0.6) is 0 Å². The lowest BCUT2D eigenvalue weighted by Crippen LogP contribution is -2.42. The van der Waals surface area contributed by atoms with E-state index in [9.17, 15) is 0 Å². The number of rotatable bonds is 0. The van der Waals surface area contributed by atoms with E-state index in [1.807, 2.05) is 4.90 Å². The summed E-state index contributed by atoms with van der Waals surface area (Å²) < 4.78 is 0. The van der Waals surface area contributed by atoms with Crippen molar-refractivity contribution in [1.29, 1.82) is 5.41 Å². The van der Waals surface area contributed by atoms with Crippen molar-refractivity contribution in [3.8, 4) is 0 Å². The Morgan fingerprint density at radius 1 is 1.75 bits per heavy atom. The van der Waals surface area contributed by atoms with Gasteiger partial charge in [-0.3, -0.25) is 5.41 Å². The van der Waals surface area contributed by atoms with Gasteiger partial charge in [0.25, 0.3) is 0 Å². The third-order valence-corrected chi connectivity index (χ3v) is 1.30. The van der Waals surface area contributed by atoms with Gasteiger partial charge in [-0.1, -0.05) is 6.58 Å². The Labute approximate surface area is 49.3 Å². The maximum absolute atomic E-state index is 7.13. The topological polar surface area (TPSA) is 27.1 Å². The van der Waals surface area contributed by atoms with Gasteiger partial charge in [-0.25, -0.2) is 0 Å². The van der Waals surface area contributed by atoms with Crippen LogP contribution in [0, 0.1) is 5.41 Å². The molecule has 44 valence electrons. The monoisotopic (exact) mass is 110 g/mol. The summed E-state index contributed by atoms with van der Waals surface area (Å²) in [6.07, 6.45) is 0. The minimum Gasteiger partial charge on any atom is -0.353 e. The van der Waals surface area contributed by atoms with Crippen LogP contribution in [0.25, 0.3) is 0 Å². The minimum absolute atomic E-state index is 0.650. The van der Waals surface area contributed by atoms with Crippen molar-refractivity contribution in [2.45, 2.75) is 6.92 Å². The van der Waals surface area contributed by atoms with E-state index in [1.165, 1.54) is 5.57 Å². The molecule has 0 spiro atoms. The molecule has 0 aromatic carbocycles. The zero-order chi connectivity index (χ0) is 6.15. The molecule has 1 N–H and O–H groups in total. The Hall–Kier alpha value is -0.790. The van der Waals surface area contributed by atoms with Gasteiger partial charge in [0.1, 0.15) is 0 Å². The van der Waals surface area contributed by atoms with Gasteiger partial charge >= 0.3 is 0 Å². The Kier molecular flexibility index (Phi) is 1.08. The molecule has 0 atom stereocenters. The third-order valence-electron chi connectivity index (χ3n) is 1.30. The summed E-state index contributed by atoms with van der Waals surface area (Å²) in [6.45, 7) is 7.35. The molecule has 1 rings (SSSR count). The molecule has 0 bridgehead atoms. The van der Waals surface area contributed by atoms with E-state index in [2.05, 4.69) is 6.58 Å². The molecule has 1 fully saturated rings. The summed E-state index contributed by atoms with van der Waals surface area (Å²) in [6, 6.07) is 0. The smallest absolute Gasteiger partial charge is 0.0931 e. The van der Waals surface area contributed by atoms with Crippen LogP contribution in [0.3, 0.4) is 0 Å². The number of nitrogens with one attached hydrogen (secondary N) is 1. The SMILES string of the molecule is C=C1CN(C(C)=N)C1. The number of likely N-dealkylation sites (tertiary alicyclic amines) is 1. The van der Waals surface area contributed by atoms with Crippen LogP contribution in [0.15, 0.2) is 12.2 Å². The molecule has 0 amide bonds. The second kappa shape index (κ2) is 1.62. The molecule has 0 aromatic rings. The fourth-order valence-corrected chi connectivity index (χ4v) is 0.731. The molecule has 1 saturated heterocycles. The maximum atomic E-state index is 7.13. The van der Waals surface area contributed by atoms with Crippen molar-refractivity contribution in [3.63, 3.8) is 0 Å². The van der Waals surface area contributed by atoms with Crippen LogP contribution in [-0.2, 0) is 0 Å². The van der Waals surface area contributed by atoms with Crippen LogP contribution >= 0.6 is 0 Å². The fraction of sp³-hybridized carbons (Fsp3) is 0.500. The minimum atomic E-state index is 0.650. The first-order chi connectivity index (χ1) is 3.70. The van der Waals surface area contributed by atoms with Gasteiger partial charge in [0.2, 0.25) is 0 Å². The normalized spacial score (nSPS) is 18.1. The Bertz CT molecular complexity index is 129. The first-order valence-corrected chi connectivity index (χ1v) is 2.67. The molecule has 1 aliphatic rings. The molecule has 0 unspecified atom stereocenters. The summed E-state index contributed by atoms with van der Waals surface area (Å²) in [5.74, 6) is 0.650. The number of amidine groups is 1.